The van der Waals surface area contributed by atoms with Crippen molar-refractivity contribution < 1.29 is 32.2 Å². The average Bonchev–Trinajstić information content (AvgIpc) is 3.61. The molecule has 3 aliphatic heterocycles. The van der Waals surface area contributed by atoms with Crippen molar-refractivity contribution in [2.75, 3.05) is 51.6 Å². The first kappa shape index (κ1) is 33.3. The highest BCUT2D eigenvalue weighted by atomic mass is 19.1. The van der Waals surface area contributed by atoms with E-state index >= 15 is 8.78 Å². The Morgan fingerprint density at radius 3 is 2.78 bits per heavy atom. The summed E-state index contributed by atoms with van der Waals surface area (Å²) in [5, 5.41) is 4.56. The zero-order valence-corrected chi connectivity index (χ0v) is 28.0. The van der Waals surface area contributed by atoms with Crippen LogP contribution in [0.5, 0.6) is 11.8 Å². The van der Waals surface area contributed by atoms with Crippen LogP contribution in [0.15, 0.2) is 30.5 Å². The highest BCUT2D eigenvalue weighted by molar-refractivity contribution is 6.01. The van der Waals surface area contributed by atoms with Crippen molar-refractivity contribution in [3.63, 3.8) is 0 Å². The van der Waals surface area contributed by atoms with Gasteiger partial charge in [-0.25, -0.2) is 13.2 Å². The summed E-state index contributed by atoms with van der Waals surface area (Å²) in [6.45, 7) is 5.72. The molecule has 0 spiro atoms. The number of methoxy groups -OCH3 is 1. The minimum absolute atomic E-state index is 0.00645. The van der Waals surface area contributed by atoms with Crippen molar-refractivity contribution >= 4 is 33.4 Å². The molecule has 4 aromatic rings. The van der Waals surface area contributed by atoms with Gasteiger partial charge in [0.25, 0.3) is 0 Å². The summed E-state index contributed by atoms with van der Waals surface area (Å²) >= 11 is 0. The summed E-state index contributed by atoms with van der Waals surface area (Å²) in [5.74, 6) is -0.401. The number of carbonyl (C=O) groups is 1. The number of halogens is 3. The Morgan fingerprint density at radius 1 is 1.12 bits per heavy atom. The van der Waals surface area contributed by atoms with Gasteiger partial charge in [-0.05, 0) is 73.2 Å². The lowest BCUT2D eigenvalue weighted by Crippen LogP contribution is -2.47. The number of aromatic nitrogens is 3. The number of pyridine rings is 1. The minimum Gasteiger partial charge on any atom is -0.468 e. The quantitative estimate of drug-likeness (QED) is 0.211. The summed E-state index contributed by atoms with van der Waals surface area (Å²) in [7, 11) is 1.50. The van der Waals surface area contributed by atoms with E-state index in [2.05, 4.69) is 20.2 Å². The van der Waals surface area contributed by atoms with E-state index in [0.29, 0.717) is 71.3 Å². The van der Waals surface area contributed by atoms with Crippen molar-refractivity contribution in [1.82, 2.24) is 25.2 Å². The predicted molar refractivity (Wildman–Crippen MR) is 180 cm³/mol. The van der Waals surface area contributed by atoms with Crippen LogP contribution >= 0.6 is 0 Å². The first-order valence-electron chi connectivity index (χ1n) is 17.0. The van der Waals surface area contributed by atoms with Crippen LogP contribution in [0, 0.1) is 11.6 Å². The van der Waals surface area contributed by atoms with Crippen molar-refractivity contribution in [1.29, 1.82) is 0 Å². The number of aryl methyl sites for hydroxylation is 1. The molecule has 3 atom stereocenters. The first-order valence-corrected chi connectivity index (χ1v) is 17.0. The second-order valence-electron chi connectivity index (χ2n) is 13.4. The van der Waals surface area contributed by atoms with Crippen molar-refractivity contribution in [3.8, 4) is 23.0 Å². The molecular weight excluding hydrogens is 637 g/mol. The molecule has 2 aromatic carbocycles. The Morgan fingerprint density at radius 2 is 1.98 bits per heavy atom. The van der Waals surface area contributed by atoms with Gasteiger partial charge in [0.15, 0.2) is 12.6 Å². The Bertz CT molecular complexity index is 1900. The van der Waals surface area contributed by atoms with E-state index < -0.39 is 23.3 Å². The highest BCUT2D eigenvalue weighted by Crippen LogP contribution is 2.42. The van der Waals surface area contributed by atoms with Gasteiger partial charge >= 0.3 is 6.01 Å². The zero-order chi connectivity index (χ0) is 34.3. The van der Waals surface area contributed by atoms with Gasteiger partial charge in [0.2, 0.25) is 5.91 Å². The van der Waals surface area contributed by atoms with Gasteiger partial charge in [0.1, 0.15) is 41.4 Å². The van der Waals surface area contributed by atoms with Crippen LogP contribution in [0.1, 0.15) is 51.5 Å². The highest BCUT2D eigenvalue weighted by Gasteiger charge is 2.49. The van der Waals surface area contributed by atoms with Crippen LogP contribution in [0.2, 0.25) is 0 Å². The molecule has 3 saturated heterocycles. The average molecular weight is 679 g/mol. The summed E-state index contributed by atoms with van der Waals surface area (Å²) < 4.78 is 63.9. The van der Waals surface area contributed by atoms with Crippen molar-refractivity contribution in [2.45, 2.75) is 70.1 Å². The zero-order valence-electron chi connectivity index (χ0n) is 28.0. The van der Waals surface area contributed by atoms with Gasteiger partial charge in [-0.3, -0.25) is 14.7 Å². The van der Waals surface area contributed by atoms with E-state index in [0.717, 1.165) is 32.2 Å². The molecular formula is C36H41F3N6O4. The molecule has 260 valence electrons. The molecule has 13 heteroatoms. The maximum atomic E-state index is 17.1. The van der Waals surface area contributed by atoms with E-state index in [1.807, 2.05) is 11.8 Å². The number of rotatable bonds is 10. The number of alkyl halides is 1. The number of nitrogens with one attached hydrogen (secondary N) is 1. The molecule has 3 aliphatic rings. The molecule has 2 aromatic heterocycles. The van der Waals surface area contributed by atoms with Gasteiger partial charge in [0, 0.05) is 57.9 Å². The maximum Gasteiger partial charge on any atom is 0.319 e. The standard InChI is InChI=1S/C36H41F3N6O4/c1-4-26-29(38)9-8-22-13-25(49-20-47-3)14-27(30(22)26)32-31(39)33-28(16-40-32)34(44-11-5-7-24(18-44)41-21(2)46)43-35(42-33)48-19-36-10-6-12-45(36)17-23(37)15-36/h8-9,13-14,16,23-24H,4-7,10-12,15,17-20H2,1-3H3,(H,41,46)/t23-,24-,36+/m1/s1. The van der Waals surface area contributed by atoms with Gasteiger partial charge in [-0.2, -0.15) is 9.97 Å². The lowest BCUT2D eigenvalue weighted by atomic mass is 9.94. The van der Waals surface area contributed by atoms with E-state index in [1.54, 1.807) is 18.2 Å². The number of hydrogen-bond acceptors (Lipinski definition) is 9. The number of ether oxygens (including phenoxy) is 3. The fraction of sp³-hybridized carbons (Fsp3) is 0.500. The molecule has 5 heterocycles. The number of hydrogen-bond donors (Lipinski definition) is 1. The number of fused-ring (bicyclic) bond motifs is 3. The molecule has 1 N–H and O–H groups in total. The first-order chi connectivity index (χ1) is 23.7. The molecule has 49 heavy (non-hydrogen) atoms. The summed E-state index contributed by atoms with van der Waals surface area (Å²) in [5.41, 5.74) is 0.297. The number of carbonyl (C=O) groups excluding carboxylic acids is 1. The molecule has 10 nitrogen and oxygen atoms in total. The van der Waals surface area contributed by atoms with Crippen LogP contribution in [-0.2, 0) is 16.0 Å². The number of piperidine rings is 1. The topological polar surface area (TPSA) is 102 Å². The second kappa shape index (κ2) is 13.6. The SMILES string of the molecule is CCc1c(F)ccc2cc(OCOC)cc(-c3ncc4c(N5CCC[C@@H](NC(C)=O)C5)nc(OC[C@@]56CCCN5C[C@H](F)C6)nc4c3F)c12. The van der Waals surface area contributed by atoms with Crippen LogP contribution in [0.4, 0.5) is 19.0 Å². The van der Waals surface area contributed by atoms with Crippen molar-refractivity contribution in [3.05, 3.63) is 47.7 Å². The molecule has 0 bridgehead atoms. The van der Waals surface area contributed by atoms with Gasteiger partial charge < -0.3 is 24.4 Å². The fourth-order valence-corrected chi connectivity index (χ4v) is 7.97. The van der Waals surface area contributed by atoms with Crippen LogP contribution in [0.3, 0.4) is 0 Å². The maximum absolute atomic E-state index is 17.1. The molecule has 1 amide bonds. The largest absolute Gasteiger partial charge is 0.468 e. The number of benzene rings is 2. The predicted octanol–water partition coefficient (Wildman–Crippen LogP) is 5.73. The summed E-state index contributed by atoms with van der Waals surface area (Å²) in [6.07, 6.45) is 4.67. The Balaban J connectivity index is 1.37. The van der Waals surface area contributed by atoms with E-state index in [9.17, 15) is 9.18 Å². The van der Waals surface area contributed by atoms with E-state index in [4.69, 9.17) is 19.2 Å². The van der Waals surface area contributed by atoms with Gasteiger partial charge in [-0.1, -0.05) is 13.0 Å². The third-order valence-corrected chi connectivity index (χ3v) is 10.1. The summed E-state index contributed by atoms with van der Waals surface area (Å²) in [4.78, 5) is 30.0. The fourth-order valence-electron chi connectivity index (χ4n) is 7.97. The van der Waals surface area contributed by atoms with E-state index in [-0.39, 0.29) is 42.6 Å². The number of anilines is 1. The lowest BCUT2D eigenvalue weighted by Gasteiger charge is -2.34. The summed E-state index contributed by atoms with van der Waals surface area (Å²) in [6, 6.07) is 6.29. The lowest BCUT2D eigenvalue weighted by molar-refractivity contribution is -0.119. The van der Waals surface area contributed by atoms with E-state index in [1.165, 1.54) is 26.3 Å². The molecule has 3 fully saturated rings. The Hall–Kier alpha value is -4.23. The molecule has 0 aliphatic carbocycles. The third-order valence-electron chi connectivity index (χ3n) is 10.1. The normalized spacial score (nSPS) is 22.5. The van der Waals surface area contributed by atoms with Gasteiger partial charge in [-0.15, -0.1) is 0 Å². The van der Waals surface area contributed by atoms with Crippen LogP contribution in [0.25, 0.3) is 32.9 Å². The van der Waals surface area contributed by atoms with Gasteiger partial charge in [0.05, 0.1) is 10.9 Å². The second-order valence-corrected chi connectivity index (χ2v) is 13.4. The number of nitrogens with zero attached hydrogens (tertiary/aromatic N) is 5. The molecule has 0 radical (unpaired) electrons. The van der Waals surface area contributed by atoms with Crippen molar-refractivity contribution in [2.24, 2.45) is 0 Å². The molecule has 0 saturated carbocycles. The molecule has 7 rings (SSSR count). The smallest absolute Gasteiger partial charge is 0.319 e. The van der Waals surface area contributed by atoms with Crippen LogP contribution < -0.4 is 19.7 Å². The monoisotopic (exact) mass is 678 g/mol. The Labute approximate surface area is 282 Å². The Kier molecular flexibility index (Phi) is 9.23. The minimum atomic E-state index is -0.932. The molecule has 0 unspecified atom stereocenters. The third kappa shape index (κ3) is 6.34. The van der Waals surface area contributed by atoms with Crippen LogP contribution in [-0.4, -0.2) is 90.2 Å². The number of amides is 1.